The number of oxazole rings is 1. The molecule has 2 unspecified atom stereocenters. The molecule has 2 atom stereocenters. The van der Waals surface area contributed by atoms with Crippen LogP contribution in [0.2, 0.25) is 0 Å². The van der Waals surface area contributed by atoms with Gasteiger partial charge in [0.25, 0.3) is 5.91 Å². The van der Waals surface area contributed by atoms with Gasteiger partial charge in [-0.2, -0.15) is 0 Å². The van der Waals surface area contributed by atoms with Crippen LogP contribution in [0.4, 0.5) is 0 Å². The number of allylic oxidation sites excluding steroid dienone is 3. The summed E-state index contributed by atoms with van der Waals surface area (Å²) in [6.45, 7) is 19.1. The van der Waals surface area contributed by atoms with Crippen molar-refractivity contribution in [2.45, 2.75) is 72.6 Å². The van der Waals surface area contributed by atoms with Crippen LogP contribution in [0.15, 0.2) is 52.5 Å². The number of hydrogen-bond acceptors (Lipinski definition) is 3. The summed E-state index contributed by atoms with van der Waals surface area (Å²) in [6, 6.07) is 8.35. The molecule has 4 heteroatoms. The Morgan fingerprint density at radius 2 is 1.82 bits per heavy atom. The highest BCUT2D eigenvalue weighted by Gasteiger charge is 2.40. The lowest BCUT2D eigenvalue weighted by Crippen LogP contribution is -2.38. The second-order valence-corrected chi connectivity index (χ2v) is 11.4. The highest BCUT2D eigenvalue weighted by atomic mass is 16.4. The number of carbonyl (C=O) groups is 1. The number of carbonyl (C=O) groups excluding carboxylic acids is 1. The van der Waals surface area contributed by atoms with E-state index in [2.05, 4.69) is 66.3 Å². The average molecular weight is 461 g/mol. The van der Waals surface area contributed by atoms with Crippen molar-refractivity contribution >= 4 is 5.91 Å². The number of nitrogens with zero attached hydrogens (tertiary/aromatic N) is 2. The van der Waals surface area contributed by atoms with Crippen LogP contribution in [0.3, 0.4) is 0 Å². The van der Waals surface area contributed by atoms with Crippen LogP contribution in [0.5, 0.6) is 0 Å². The van der Waals surface area contributed by atoms with E-state index < -0.39 is 0 Å². The van der Waals surface area contributed by atoms with Gasteiger partial charge in [-0.1, -0.05) is 63.6 Å². The Labute approximate surface area is 205 Å². The van der Waals surface area contributed by atoms with Gasteiger partial charge in [0.2, 0.25) is 5.89 Å². The van der Waals surface area contributed by atoms with Crippen LogP contribution in [0.25, 0.3) is 11.5 Å². The molecule has 1 saturated heterocycles. The number of aromatic nitrogens is 1. The number of amides is 1. The molecule has 1 aliphatic carbocycles. The molecule has 0 bridgehead atoms. The maximum absolute atomic E-state index is 13.5. The topological polar surface area (TPSA) is 46.3 Å². The largest absolute Gasteiger partial charge is 0.440 e. The van der Waals surface area contributed by atoms with Crippen LogP contribution in [-0.4, -0.2) is 28.9 Å². The van der Waals surface area contributed by atoms with E-state index in [1.807, 2.05) is 17.0 Å². The molecule has 1 aromatic heterocycles. The van der Waals surface area contributed by atoms with Gasteiger partial charge in [0.05, 0.1) is 0 Å². The molecule has 4 nitrogen and oxygen atoms in total. The summed E-state index contributed by atoms with van der Waals surface area (Å²) in [5.74, 6) is 2.88. The maximum atomic E-state index is 13.5. The number of piperidine rings is 1. The first kappa shape index (κ1) is 24.5. The third-order valence-electron chi connectivity index (χ3n) is 7.71. The Kier molecular flexibility index (Phi) is 6.89. The van der Waals surface area contributed by atoms with E-state index in [4.69, 9.17) is 9.40 Å². The monoisotopic (exact) mass is 460 g/mol. The molecular weight excluding hydrogens is 420 g/mol. The third kappa shape index (κ3) is 5.21. The van der Waals surface area contributed by atoms with Gasteiger partial charge < -0.3 is 9.32 Å². The van der Waals surface area contributed by atoms with Crippen molar-refractivity contribution in [3.05, 3.63) is 65.1 Å². The molecular formula is C30H40N2O2. The molecule has 1 aromatic carbocycles. The average Bonchev–Trinajstić information content (AvgIpc) is 3.52. The lowest BCUT2D eigenvalue weighted by molar-refractivity contribution is 0.0690. The summed E-state index contributed by atoms with van der Waals surface area (Å²) >= 11 is 0. The maximum Gasteiger partial charge on any atom is 0.276 e. The zero-order chi connectivity index (χ0) is 24.6. The van der Waals surface area contributed by atoms with Gasteiger partial charge in [-0.3, -0.25) is 4.79 Å². The standard InChI is InChI=1S/C30H40N2O2/c1-8-20(3)24-18-25(24)21(4)17-26-27(29(33)32-15-13-19(2)14-16-32)31-28(34-26)22-9-11-23(12-10-22)30(5,6)7/h8-12,19,24-25H,4,13-18H2,1-3,5-7H3/b20-8-. The highest BCUT2D eigenvalue weighted by molar-refractivity contribution is 5.94. The van der Waals surface area contributed by atoms with E-state index in [1.165, 1.54) is 11.1 Å². The van der Waals surface area contributed by atoms with Gasteiger partial charge in [0.15, 0.2) is 5.69 Å². The van der Waals surface area contributed by atoms with Gasteiger partial charge in [-0.15, -0.1) is 0 Å². The molecule has 4 rings (SSSR count). The molecule has 0 spiro atoms. The third-order valence-corrected chi connectivity index (χ3v) is 7.71. The van der Waals surface area contributed by atoms with E-state index >= 15 is 0 Å². The molecule has 34 heavy (non-hydrogen) atoms. The molecule has 182 valence electrons. The fourth-order valence-electron chi connectivity index (χ4n) is 4.94. The summed E-state index contributed by atoms with van der Waals surface area (Å²) in [7, 11) is 0. The zero-order valence-electron chi connectivity index (χ0n) is 21.8. The molecule has 0 N–H and O–H groups in total. The zero-order valence-corrected chi connectivity index (χ0v) is 21.8. The summed E-state index contributed by atoms with van der Waals surface area (Å²) in [4.78, 5) is 20.2. The van der Waals surface area contributed by atoms with Gasteiger partial charge in [0, 0.05) is 25.1 Å². The minimum Gasteiger partial charge on any atom is -0.440 e. The molecule has 2 aliphatic rings. The predicted octanol–water partition coefficient (Wildman–Crippen LogP) is 7.21. The van der Waals surface area contributed by atoms with E-state index in [-0.39, 0.29) is 11.3 Å². The van der Waals surface area contributed by atoms with Crippen LogP contribution in [0.1, 0.15) is 82.6 Å². The predicted molar refractivity (Wildman–Crippen MR) is 139 cm³/mol. The SMILES string of the molecule is C=C(Cc1oc(-c2ccc(C(C)(C)C)cc2)nc1C(=O)N1CCC(C)CC1)C1CC1/C(C)=C\C. The lowest BCUT2D eigenvalue weighted by atomic mass is 9.87. The highest BCUT2D eigenvalue weighted by Crippen LogP contribution is 2.49. The van der Waals surface area contributed by atoms with E-state index in [0.29, 0.717) is 41.5 Å². The molecule has 1 aliphatic heterocycles. The Balaban J connectivity index is 1.61. The minimum atomic E-state index is -0.00649. The van der Waals surface area contributed by atoms with Crippen LogP contribution in [0, 0.1) is 17.8 Å². The van der Waals surface area contributed by atoms with Gasteiger partial charge in [0.1, 0.15) is 5.76 Å². The van der Waals surface area contributed by atoms with Crippen molar-refractivity contribution in [1.82, 2.24) is 9.88 Å². The Bertz CT molecular complexity index is 1080. The van der Waals surface area contributed by atoms with Gasteiger partial charge in [-0.25, -0.2) is 4.98 Å². The molecule has 2 heterocycles. The van der Waals surface area contributed by atoms with E-state index in [1.54, 1.807) is 0 Å². The van der Waals surface area contributed by atoms with E-state index in [0.717, 1.165) is 43.5 Å². The Morgan fingerprint density at radius 3 is 2.41 bits per heavy atom. The van der Waals surface area contributed by atoms with Crippen molar-refractivity contribution in [1.29, 1.82) is 0 Å². The number of rotatable bonds is 6. The lowest BCUT2D eigenvalue weighted by Gasteiger charge is -2.29. The second-order valence-electron chi connectivity index (χ2n) is 11.4. The number of hydrogen-bond donors (Lipinski definition) is 0. The first-order valence-corrected chi connectivity index (χ1v) is 12.8. The first-order chi connectivity index (χ1) is 16.1. The van der Waals surface area contributed by atoms with Crippen molar-refractivity contribution in [2.24, 2.45) is 17.8 Å². The Morgan fingerprint density at radius 1 is 1.18 bits per heavy atom. The first-order valence-electron chi connectivity index (χ1n) is 12.8. The van der Waals surface area contributed by atoms with Crippen molar-refractivity contribution in [3.63, 3.8) is 0 Å². The summed E-state index contributed by atoms with van der Waals surface area (Å²) in [6.07, 6.45) is 5.98. The summed E-state index contributed by atoms with van der Waals surface area (Å²) in [5.41, 5.74) is 5.26. The van der Waals surface area contributed by atoms with Crippen LogP contribution in [-0.2, 0) is 11.8 Å². The van der Waals surface area contributed by atoms with Crippen LogP contribution >= 0.6 is 0 Å². The Hall–Kier alpha value is -2.62. The van der Waals surface area contributed by atoms with Crippen molar-refractivity contribution in [3.8, 4) is 11.5 Å². The number of likely N-dealkylation sites (tertiary alicyclic amines) is 1. The molecule has 2 aromatic rings. The summed E-state index contributed by atoms with van der Waals surface area (Å²) in [5, 5.41) is 0. The normalized spacial score (nSPS) is 21.6. The molecule has 1 saturated carbocycles. The van der Waals surface area contributed by atoms with Crippen molar-refractivity contribution < 1.29 is 9.21 Å². The smallest absolute Gasteiger partial charge is 0.276 e. The van der Waals surface area contributed by atoms with Crippen molar-refractivity contribution in [2.75, 3.05) is 13.1 Å². The quantitative estimate of drug-likeness (QED) is 0.428. The van der Waals surface area contributed by atoms with Gasteiger partial charge >= 0.3 is 0 Å². The van der Waals surface area contributed by atoms with Crippen LogP contribution < -0.4 is 0 Å². The fourth-order valence-corrected chi connectivity index (χ4v) is 4.94. The van der Waals surface area contributed by atoms with Gasteiger partial charge in [-0.05, 0) is 74.0 Å². The van der Waals surface area contributed by atoms with E-state index in [9.17, 15) is 4.79 Å². The molecule has 1 amide bonds. The summed E-state index contributed by atoms with van der Waals surface area (Å²) < 4.78 is 6.30. The fraction of sp³-hybridized carbons (Fsp3) is 0.533. The number of benzene rings is 1. The molecule has 0 radical (unpaired) electrons. The molecule has 2 fully saturated rings. The second kappa shape index (κ2) is 9.56. The minimum absolute atomic E-state index is 0.00649.